The molecule has 1 saturated heterocycles. The lowest BCUT2D eigenvalue weighted by molar-refractivity contribution is -0.121. The Kier molecular flexibility index (Phi) is 4.94. The van der Waals surface area contributed by atoms with Crippen molar-refractivity contribution in [2.45, 2.75) is 20.3 Å². The van der Waals surface area contributed by atoms with E-state index in [1.165, 1.54) is 0 Å². The van der Waals surface area contributed by atoms with Crippen LogP contribution in [0.5, 0.6) is 5.75 Å². The molecule has 0 N–H and O–H groups in total. The topological polar surface area (TPSA) is 61.8 Å². The first-order valence-electron chi connectivity index (χ1n) is 9.42. The number of para-hydroxylation sites is 2. The monoisotopic (exact) mass is 367 g/mol. The van der Waals surface area contributed by atoms with Crippen LogP contribution in [0.2, 0.25) is 0 Å². The minimum absolute atomic E-state index is 0.0110. The molecule has 0 atom stereocenters. The van der Waals surface area contributed by atoms with Gasteiger partial charge >= 0.3 is 0 Å². The van der Waals surface area contributed by atoms with Crippen LogP contribution in [0, 0.1) is 13.8 Å². The van der Waals surface area contributed by atoms with Crippen LogP contribution in [-0.4, -0.2) is 60.2 Å². The van der Waals surface area contributed by atoms with Gasteiger partial charge in [-0.3, -0.25) is 14.6 Å². The predicted molar refractivity (Wildman–Crippen MR) is 104 cm³/mol. The van der Waals surface area contributed by atoms with Gasteiger partial charge in [0.2, 0.25) is 0 Å². The minimum Gasteiger partial charge on any atom is -0.482 e. The molecular formula is C20H25N5O2. The second kappa shape index (κ2) is 7.52. The van der Waals surface area contributed by atoms with Crippen molar-refractivity contribution in [2.75, 3.05) is 49.3 Å². The number of amides is 1. The van der Waals surface area contributed by atoms with Gasteiger partial charge in [0.05, 0.1) is 12.4 Å². The summed E-state index contributed by atoms with van der Waals surface area (Å²) in [5.74, 6) is 2.59. The van der Waals surface area contributed by atoms with E-state index in [4.69, 9.17) is 4.74 Å². The molecule has 0 aliphatic carbocycles. The summed E-state index contributed by atoms with van der Waals surface area (Å²) in [6, 6.07) is 9.78. The number of rotatable bonds is 3. The second-order valence-corrected chi connectivity index (χ2v) is 7.09. The van der Waals surface area contributed by atoms with Gasteiger partial charge in [-0.15, -0.1) is 0 Å². The summed E-state index contributed by atoms with van der Waals surface area (Å²) in [6.45, 7) is 8.31. The molecule has 0 saturated carbocycles. The highest BCUT2D eigenvalue weighted by Crippen LogP contribution is 2.31. The van der Waals surface area contributed by atoms with Crippen molar-refractivity contribution in [3.8, 4) is 5.75 Å². The predicted octanol–water partition coefficient (Wildman–Crippen LogP) is 1.99. The van der Waals surface area contributed by atoms with Gasteiger partial charge in [0, 0.05) is 37.9 Å². The molecule has 27 heavy (non-hydrogen) atoms. The SMILES string of the molecule is Cc1cc(N2CCCN(CN3C(=O)COc4ccccc43)CC2)nc(C)n1. The lowest BCUT2D eigenvalue weighted by atomic mass is 10.2. The number of fused-ring (bicyclic) bond motifs is 1. The molecule has 1 aromatic carbocycles. The third-order valence-electron chi connectivity index (χ3n) is 5.01. The zero-order valence-corrected chi connectivity index (χ0v) is 15.9. The number of anilines is 2. The van der Waals surface area contributed by atoms with Gasteiger partial charge in [-0.1, -0.05) is 12.1 Å². The molecule has 2 aliphatic rings. The molecule has 0 bridgehead atoms. The number of ether oxygens (including phenoxy) is 1. The Morgan fingerprint density at radius 2 is 1.93 bits per heavy atom. The summed E-state index contributed by atoms with van der Waals surface area (Å²) in [5, 5.41) is 0. The van der Waals surface area contributed by atoms with Crippen molar-refractivity contribution < 1.29 is 9.53 Å². The molecule has 1 amide bonds. The Morgan fingerprint density at radius 3 is 2.78 bits per heavy atom. The molecule has 2 aromatic rings. The average Bonchev–Trinajstić information content (AvgIpc) is 2.89. The summed E-state index contributed by atoms with van der Waals surface area (Å²) >= 11 is 0. The summed E-state index contributed by atoms with van der Waals surface area (Å²) in [4.78, 5) is 27.9. The van der Waals surface area contributed by atoms with Crippen LogP contribution in [0.1, 0.15) is 17.9 Å². The number of hydrogen-bond donors (Lipinski definition) is 0. The Labute approximate surface area is 159 Å². The first-order valence-corrected chi connectivity index (χ1v) is 9.42. The number of aromatic nitrogens is 2. The average molecular weight is 367 g/mol. The van der Waals surface area contributed by atoms with Gasteiger partial charge in [-0.25, -0.2) is 9.97 Å². The largest absolute Gasteiger partial charge is 0.482 e. The van der Waals surface area contributed by atoms with Crippen molar-refractivity contribution in [2.24, 2.45) is 0 Å². The molecule has 7 nitrogen and oxygen atoms in total. The van der Waals surface area contributed by atoms with Crippen molar-refractivity contribution in [1.82, 2.24) is 14.9 Å². The molecule has 0 radical (unpaired) electrons. The zero-order chi connectivity index (χ0) is 18.8. The third-order valence-corrected chi connectivity index (χ3v) is 5.01. The Morgan fingerprint density at radius 1 is 1.07 bits per heavy atom. The molecule has 7 heteroatoms. The molecular weight excluding hydrogens is 342 g/mol. The van der Waals surface area contributed by atoms with E-state index in [1.54, 1.807) is 0 Å². The highest BCUT2D eigenvalue weighted by Gasteiger charge is 2.27. The third kappa shape index (κ3) is 3.88. The first kappa shape index (κ1) is 17.7. The fourth-order valence-corrected chi connectivity index (χ4v) is 3.71. The summed E-state index contributed by atoms with van der Waals surface area (Å²) in [5.41, 5.74) is 1.85. The Balaban J connectivity index is 1.45. The number of hydrogen-bond acceptors (Lipinski definition) is 6. The zero-order valence-electron chi connectivity index (χ0n) is 15.9. The molecule has 142 valence electrons. The molecule has 2 aliphatic heterocycles. The number of carbonyl (C=O) groups is 1. The molecule has 3 heterocycles. The molecule has 1 aromatic heterocycles. The van der Waals surface area contributed by atoms with Crippen LogP contribution in [0.15, 0.2) is 30.3 Å². The van der Waals surface area contributed by atoms with E-state index in [0.717, 1.165) is 61.4 Å². The lowest BCUT2D eigenvalue weighted by Gasteiger charge is -2.33. The molecule has 1 fully saturated rings. The van der Waals surface area contributed by atoms with Crippen LogP contribution in [-0.2, 0) is 4.79 Å². The summed E-state index contributed by atoms with van der Waals surface area (Å²) in [6.07, 6.45) is 1.03. The molecule has 0 spiro atoms. The van der Waals surface area contributed by atoms with Gasteiger partial charge in [-0.05, 0) is 32.4 Å². The lowest BCUT2D eigenvalue weighted by Crippen LogP contribution is -2.46. The standard InChI is InChI=1S/C20H25N5O2/c1-15-12-19(22-16(2)21-15)24-9-5-8-23(10-11-24)14-25-17-6-3-4-7-18(17)27-13-20(25)26/h3-4,6-7,12H,5,8-11,13-14H2,1-2H3. The summed E-state index contributed by atoms with van der Waals surface area (Å²) < 4.78 is 5.54. The van der Waals surface area contributed by atoms with E-state index in [1.807, 2.05) is 49.1 Å². The van der Waals surface area contributed by atoms with Crippen LogP contribution in [0.25, 0.3) is 0 Å². The van der Waals surface area contributed by atoms with Crippen LogP contribution < -0.4 is 14.5 Å². The first-order chi connectivity index (χ1) is 13.1. The quantitative estimate of drug-likeness (QED) is 0.827. The Hall–Kier alpha value is -2.67. The van der Waals surface area contributed by atoms with E-state index in [9.17, 15) is 4.79 Å². The molecule has 4 rings (SSSR count). The van der Waals surface area contributed by atoms with Crippen LogP contribution in [0.3, 0.4) is 0 Å². The highest BCUT2D eigenvalue weighted by atomic mass is 16.5. The van der Waals surface area contributed by atoms with Gasteiger partial charge < -0.3 is 9.64 Å². The second-order valence-electron chi connectivity index (χ2n) is 7.09. The van der Waals surface area contributed by atoms with E-state index in [-0.39, 0.29) is 12.5 Å². The van der Waals surface area contributed by atoms with Gasteiger partial charge in [0.15, 0.2) is 6.61 Å². The van der Waals surface area contributed by atoms with Crippen molar-refractivity contribution >= 4 is 17.4 Å². The number of aryl methyl sites for hydroxylation is 2. The fourth-order valence-electron chi connectivity index (χ4n) is 3.71. The minimum atomic E-state index is 0.0110. The van der Waals surface area contributed by atoms with Gasteiger partial charge in [0.25, 0.3) is 5.91 Å². The van der Waals surface area contributed by atoms with E-state index in [2.05, 4.69) is 19.8 Å². The van der Waals surface area contributed by atoms with Gasteiger partial charge in [-0.2, -0.15) is 0 Å². The van der Waals surface area contributed by atoms with E-state index >= 15 is 0 Å². The van der Waals surface area contributed by atoms with Crippen molar-refractivity contribution in [3.63, 3.8) is 0 Å². The van der Waals surface area contributed by atoms with E-state index < -0.39 is 0 Å². The van der Waals surface area contributed by atoms with Crippen molar-refractivity contribution in [3.05, 3.63) is 41.9 Å². The summed E-state index contributed by atoms with van der Waals surface area (Å²) in [7, 11) is 0. The highest BCUT2D eigenvalue weighted by molar-refractivity contribution is 5.97. The smallest absolute Gasteiger partial charge is 0.266 e. The maximum absolute atomic E-state index is 12.4. The molecule has 0 unspecified atom stereocenters. The number of carbonyl (C=O) groups excluding carboxylic acids is 1. The van der Waals surface area contributed by atoms with Crippen LogP contribution in [0.4, 0.5) is 11.5 Å². The maximum Gasteiger partial charge on any atom is 0.266 e. The Bertz CT molecular complexity index is 821. The van der Waals surface area contributed by atoms with Gasteiger partial charge in [0.1, 0.15) is 17.4 Å². The number of nitrogens with zero attached hydrogens (tertiary/aromatic N) is 5. The normalized spacial score (nSPS) is 18.1. The van der Waals surface area contributed by atoms with Crippen LogP contribution >= 0.6 is 0 Å². The number of benzene rings is 1. The fraction of sp³-hybridized carbons (Fsp3) is 0.450. The van der Waals surface area contributed by atoms with E-state index in [0.29, 0.717) is 6.67 Å². The maximum atomic E-state index is 12.4. The van der Waals surface area contributed by atoms with Crippen molar-refractivity contribution in [1.29, 1.82) is 0 Å².